The van der Waals surface area contributed by atoms with E-state index in [0.29, 0.717) is 0 Å². The molecule has 1 aliphatic rings. The van der Waals surface area contributed by atoms with Crippen molar-refractivity contribution >= 4 is 21.9 Å². The summed E-state index contributed by atoms with van der Waals surface area (Å²) in [6.45, 7) is 7.47. The van der Waals surface area contributed by atoms with E-state index in [9.17, 15) is 4.79 Å². The second-order valence-corrected chi connectivity index (χ2v) is 6.14. The Bertz CT molecular complexity index is 496. The van der Waals surface area contributed by atoms with Gasteiger partial charge in [-0.05, 0) is 42.6 Å². The third-order valence-corrected chi connectivity index (χ3v) is 4.83. The van der Waals surface area contributed by atoms with Crippen LogP contribution in [0.2, 0.25) is 0 Å². The molecule has 1 N–H and O–H groups in total. The van der Waals surface area contributed by atoms with Crippen LogP contribution in [-0.2, 0) is 22.6 Å². The Morgan fingerprint density at radius 2 is 2.14 bits per heavy atom. The van der Waals surface area contributed by atoms with Gasteiger partial charge in [0.15, 0.2) is 0 Å². The Labute approximate surface area is 133 Å². The topological polar surface area (TPSA) is 67.6 Å². The normalized spacial score (nSPS) is 17.3. The average molecular weight is 360 g/mol. The molecule has 0 aromatic carbocycles. The molecule has 1 fully saturated rings. The second kappa shape index (κ2) is 7.38. The van der Waals surface area contributed by atoms with E-state index in [1.807, 2.05) is 11.6 Å². The number of halogens is 1. The fraction of sp³-hybridized carbons (Fsp3) is 0.714. The van der Waals surface area contributed by atoms with Gasteiger partial charge in [0.25, 0.3) is 0 Å². The smallest absolute Gasteiger partial charge is 0.329 e. The van der Waals surface area contributed by atoms with Gasteiger partial charge in [0.2, 0.25) is 0 Å². The Hall–Kier alpha value is -0.920. The Morgan fingerprint density at radius 1 is 1.48 bits per heavy atom. The van der Waals surface area contributed by atoms with Gasteiger partial charge in [0, 0.05) is 26.2 Å². The first-order chi connectivity index (χ1) is 10.0. The van der Waals surface area contributed by atoms with E-state index in [2.05, 4.69) is 32.9 Å². The van der Waals surface area contributed by atoms with E-state index in [0.717, 1.165) is 49.2 Å². The van der Waals surface area contributed by atoms with Crippen molar-refractivity contribution in [3.8, 4) is 0 Å². The minimum absolute atomic E-state index is 0.0682. The van der Waals surface area contributed by atoms with Gasteiger partial charge in [-0.25, -0.2) is 4.79 Å². The van der Waals surface area contributed by atoms with Crippen LogP contribution in [0.4, 0.5) is 0 Å². The van der Waals surface area contributed by atoms with Gasteiger partial charge in [-0.15, -0.1) is 0 Å². The molecule has 2 heterocycles. The third-order valence-electron chi connectivity index (χ3n) is 3.80. The number of aryl methyl sites for hydroxylation is 2. The van der Waals surface area contributed by atoms with Gasteiger partial charge in [-0.1, -0.05) is 0 Å². The molecule has 0 amide bonds. The number of aliphatic carboxylic acids is 1. The van der Waals surface area contributed by atoms with Crippen LogP contribution in [0.5, 0.6) is 0 Å². The molecular formula is C14H22BrN3O3. The van der Waals surface area contributed by atoms with Crippen LogP contribution in [0.1, 0.15) is 31.2 Å². The van der Waals surface area contributed by atoms with Gasteiger partial charge < -0.3 is 9.84 Å². The minimum atomic E-state index is -0.899. The predicted octanol–water partition coefficient (Wildman–Crippen LogP) is 2.04. The summed E-state index contributed by atoms with van der Waals surface area (Å²) in [5.74, 6) is -0.899. The first kappa shape index (κ1) is 16.5. The van der Waals surface area contributed by atoms with Gasteiger partial charge in [-0.2, -0.15) is 5.10 Å². The van der Waals surface area contributed by atoms with Gasteiger partial charge in [0.05, 0.1) is 22.0 Å². The summed E-state index contributed by atoms with van der Waals surface area (Å²) in [5, 5.41) is 13.1. The fourth-order valence-electron chi connectivity index (χ4n) is 2.66. The molecule has 118 valence electrons. The lowest BCUT2D eigenvalue weighted by Gasteiger charge is -2.31. The highest BCUT2D eigenvalue weighted by Gasteiger charge is 2.22. The molecule has 7 heteroatoms. The number of hydrogen-bond donors (Lipinski definition) is 1. The number of ether oxygens (including phenoxy) is 1. The van der Waals surface area contributed by atoms with Crippen molar-refractivity contribution in [2.75, 3.05) is 19.7 Å². The van der Waals surface area contributed by atoms with Crippen molar-refractivity contribution in [3.05, 3.63) is 15.9 Å². The highest BCUT2D eigenvalue weighted by atomic mass is 79.9. The molecular weight excluding hydrogens is 338 g/mol. The number of likely N-dealkylation sites (tertiary alicyclic amines) is 1. The molecule has 0 saturated carbocycles. The van der Waals surface area contributed by atoms with Crippen LogP contribution in [0.25, 0.3) is 0 Å². The summed E-state index contributed by atoms with van der Waals surface area (Å²) in [6, 6.07) is 0. The zero-order valence-electron chi connectivity index (χ0n) is 12.5. The van der Waals surface area contributed by atoms with E-state index >= 15 is 0 Å². The highest BCUT2D eigenvalue weighted by Crippen LogP contribution is 2.24. The predicted molar refractivity (Wildman–Crippen MR) is 82.2 cm³/mol. The largest absolute Gasteiger partial charge is 0.480 e. The zero-order valence-corrected chi connectivity index (χ0v) is 14.1. The van der Waals surface area contributed by atoms with E-state index in [1.54, 1.807) is 0 Å². The molecule has 0 aliphatic carbocycles. The maximum Gasteiger partial charge on any atom is 0.329 e. The SMILES string of the molecule is CCn1nc(C)c(Br)c1CN1CCC(OCC(=O)O)CC1. The van der Waals surface area contributed by atoms with Crippen molar-refractivity contribution in [2.45, 2.75) is 45.9 Å². The molecule has 6 nitrogen and oxygen atoms in total. The van der Waals surface area contributed by atoms with Crippen LogP contribution < -0.4 is 0 Å². The third kappa shape index (κ3) is 4.28. The molecule has 0 radical (unpaired) electrons. The van der Waals surface area contributed by atoms with Crippen molar-refractivity contribution in [2.24, 2.45) is 0 Å². The molecule has 0 bridgehead atoms. The Balaban J connectivity index is 1.87. The molecule has 2 rings (SSSR count). The van der Waals surface area contributed by atoms with E-state index in [-0.39, 0.29) is 12.7 Å². The molecule has 1 aromatic heterocycles. The number of nitrogens with zero attached hydrogens (tertiary/aromatic N) is 3. The Kier molecular flexibility index (Phi) is 5.78. The summed E-state index contributed by atoms with van der Waals surface area (Å²) in [7, 11) is 0. The zero-order chi connectivity index (χ0) is 15.4. The minimum Gasteiger partial charge on any atom is -0.480 e. The van der Waals surface area contributed by atoms with Crippen LogP contribution in [0, 0.1) is 6.92 Å². The summed E-state index contributed by atoms with van der Waals surface area (Å²) in [4.78, 5) is 12.9. The number of carboxylic acids is 1. The van der Waals surface area contributed by atoms with Crippen LogP contribution in [-0.4, -0.2) is 51.6 Å². The molecule has 21 heavy (non-hydrogen) atoms. The second-order valence-electron chi connectivity index (χ2n) is 5.34. The van der Waals surface area contributed by atoms with Crippen molar-refractivity contribution in [1.29, 1.82) is 0 Å². The van der Waals surface area contributed by atoms with Gasteiger partial charge >= 0.3 is 5.97 Å². The quantitative estimate of drug-likeness (QED) is 0.841. The molecule has 1 aromatic rings. The number of hydrogen-bond acceptors (Lipinski definition) is 4. The average Bonchev–Trinajstić information content (AvgIpc) is 2.74. The summed E-state index contributed by atoms with van der Waals surface area (Å²) in [5.41, 5.74) is 2.23. The van der Waals surface area contributed by atoms with Gasteiger partial charge in [-0.3, -0.25) is 9.58 Å². The van der Waals surface area contributed by atoms with Crippen molar-refractivity contribution in [1.82, 2.24) is 14.7 Å². The maximum absolute atomic E-state index is 10.5. The lowest BCUT2D eigenvalue weighted by molar-refractivity contribution is -0.145. The number of aromatic nitrogens is 2. The number of carboxylic acid groups (broad SMARTS) is 1. The van der Waals surface area contributed by atoms with Crippen LogP contribution in [0.15, 0.2) is 4.47 Å². The van der Waals surface area contributed by atoms with E-state index in [1.165, 1.54) is 5.69 Å². The van der Waals surface area contributed by atoms with E-state index < -0.39 is 5.97 Å². The van der Waals surface area contributed by atoms with Crippen molar-refractivity contribution in [3.63, 3.8) is 0 Å². The van der Waals surface area contributed by atoms with Crippen molar-refractivity contribution < 1.29 is 14.6 Å². The number of rotatable bonds is 6. The molecule has 0 unspecified atom stereocenters. The first-order valence-corrected chi connectivity index (χ1v) is 8.08. The molecule has 0 spiro atoms. The first-order valence-electron chi connectivity index (χ1n) is 7.28. The van der Waals surface area contributed by atoms with Crippen LogP contribution in [0.3, 0.4) is 0 Å². The molecule has 1 saturated heterocycles. The summed E-state index contributed by atoms with van der Waals surface area (Å²) in [6.07, 6.45) is 1.83. The number of carbonyl (C=O) groups is 1. The number of piperidine rings is 1. The summed E-state index contributed by atoms with van der Waals surface area (Å²) >= 11 is 3.62. The molecule has 1 aliphatic heterocycles. The highest BCUT2D eigenvalue weighted by molar-refractivity contribution is 9.10. The lowest BCUT2D eigenvalue weighted by atomic mass is 10.1. The van der Waals surface area contributed by atoms with Gasteiger partial charge in [0.1, 0.15) is 6.61 Å². The maximum atomic E-state index is 10.5. The summed E-state index contributed by atoms with van der Waals surface area (Å²) < 4.78 is 8.49. The fourth-order valence-corrected chi connectivity index (χ4v) is 3.06. The molecule has 0 atom stereocenters. The standard InChI is InChI=1S/C14H22BrN3O3/c1-3-18-12(14(15)10(2)16-18)8-17-6-4-11(5-7-17)21-9-13(19)20/h11H,3-9H2,1-2H3,(H,19,20). The Morgan fingerprint density at radius 3 is 2.71 bits per heavy atom. The lowest BCUT2D eigenvalue weighted by Crippen LogP contribution is -2.37. The van der Waals surface area contributed by atoms with Crippen LogP contribution >= 0.6 is 15.9 Å². The van der Waals surface area contributed by atoms with E-state index in [4.69, 9.17) is 9.84 Å². The monoisotopic (exact) mass is 359 g/mol.